The molecular formula is C11H17N7O. The molecule has 2 heterocycles. The Hall–Kier alpha value is -2.38. The molecule has 0 saturated heterocycles. The number of carbonyl (C=O) groups is 1. The number of nitrogen functional groups attached to an aromatic ring is 1. The number of nitrogens with two attached hydrogens (primary N) is 1. The van der Waals surface area contributed by atoms with Crippen molar-refractivity contribution < 1.29 is 4.79 Å². The minimum absolute atomic E-state index is 0.223. The molecule has 0 unspecified atom stereocenters. The Kier molecular flexibility index (Phi) is 3.79. The van der Waals surface area contributed by atoms with Crippen LogP contribution in [0.1, 0.15) is 28.9 Å². The summed E-state index contributed by atoms with van der Waals surface area (Å²) >= 11 is 0. The lowest BCUT2D eigenvalue weighted by atomic mass is 10.3. The van der Waals surface area contributed by atoms with Gasteiger partial charge >= 0.3 is 0 Å². The average molecular weight is 263 g/mol. The van der Waals surface area contributed by atoms with E-state index in [4.69, 9.17) is 5.73 Å². The second-order valence-corrected chi connectivity index (χ2v) is 4.10. The van der Waals surface area contributed by atoms with Gasteiger partial charge in [0.2, 0.25) is 0 Å². The Morgan fingerprint density at radius 1 is 1.58 bits per heavy atom. The van der Waals surface area contributed by atoms with Crippen LogP contribution in [0.3, 0.4) is 0 Å². The Bertz CT molecular complexity index is 558. The van der Waals surface area contributed by atoms with Crippen molar-refractivity contribution in [1.29, 1.82) is 0 Å². The molecule has 0 aliphatic heterocycles. The zero-order valence-corrected chi connectivity index (χ0v) is 11.0. The van der Waals surface area contributed by atoms with E-state index in [2.05, 4.69) is 25.6 Å². The first-order chi connectivity index (χ1) is 9.13. The van der Waals surface area contributed by atoms with Gasteiger partial charge in [-0.15, -0.1) is 0 Å². The van der Waals surface area contributed by atoms with Crippen molar-refractivity contribution >= 4 is 11.6 Å². The topological polar surface area (TPSA) is 115 Å². The molecule has 8 heteroatoms. The summed E-state index contributed by atoms with van der Waals surface area (Å²) in [5.74, 6) is 0.507. The third-order valence-corrected chi connectivity index (χ3v) is 2.80. The quantitative estimate of drug-likeness (QED) is 0.696. The number of hydrogen-bond donors (Lipinski definition) is 3. The number of nitrogens with zero attached hydrogens (tertiary/aromatic N) is 4. The SMILES string of the molecule is CCn1nc(C)c(N)c1C(=O)NCCc1ncn[nH]1. The highest BCUT2D eigenvalue weighted by Crippen LogP contribution is 2.15. The molecule has 2 aromatic rings. The van der Waals surface area contributed by atoms with Crippen LogP contribution in [0.5, 0.6) is 0 Å². The van der Waals surface area contributed by atoms with Crippen molar-refractivity contribution in [3.8, 4) is 0 Å². The molecule has 0 saturated carbocycles. The van der Waals surface area contributed by atoms with Crippen molar-refractivity contribution in [2.45, 2.75) is 26.8 Å². The van der Waals surface area contributed by atoms with Crippen LogP contribution < -0.4 is 11.1 Å². The number of hydrogen-bond acceptors (Lipinski definition) is 5. The zero-order chi connectivity index (χ0) is 13.8. The van der Waals surface area contributed by atoms with Crippen molar-refractivity contribution in [3.05, 3.63) is 23.5 Å². The van der Waals surface area contributed by atoms with Crippen molar-refractivity contribution in [3.63, 3.8) is 0 Å². The summed E-state index contributed by atoms with van der Waals surface area (Å²) in [6.07, 6.45) is 2.02. The van der Waals surface area contributed by atoms with Gasteiger partial charge in [0.1, 0.15) is 17.8 Å². The molecule has 0 fully saturated rings. The number of anilines is 1. The molecule has 2 aromatic heterocycles. The molecule has 19 heavy (non-hydrogen) atoms. The highest BCUT2D eigenvalue weighted by molar-refractivity contribution is 5.97. The smallest absolute Gasteiger partial charge is 0.271 e. The van der Waals surface area contributed by atoms with E-state index in [0.29, 0.717) is 36.6 Å². The zero-order valence-electron chi connectivity index (χ0n) is 11.0. The molecule has 102 valence electrons. The predicted octanol–water partition coefficient (Wildman–Crippen LogP) is -0.116. The summed E-state index contributed by atoms with van der Waals surface area (Å²) in [6, 6.07) is 0. The van der Waals surface area contributed by atoms with Crippen LogP contribution in [0.2, 0.25) is 0 Å². The molecule has 1 amide bonds. The van der Waals surface area contributed by atoms with Gasteiger partial charge in [0.05, 0.1) is 11.4 Å². The number of amides is 1. The Balaban J connectivity index is 2.00. The number of aryl methyl sites for hydroxylation is 2. The maximum absolute atomic E-state index is 12.1. The molecule has 2 rings (SSSR count). The van der Waals surface area contributed by atoms with Crippen molar-refractivity contribution in [2.24, 2.45) is 0 Å². The lowest BCUT2D eigenvalue weighted by Crippen LogP contribution is -2.29. The van der Waals surface area contributed by atoms with E-state index in [1.165, 1.54) is 6.33 Å². The molecule has 0 aliphatic carbocycles. The number of rotatable bonds is 5. The summed E-state index contributed by atoms with van der Waals surface area (Å²) in [7, 11) is 0. The largest absolute Gasteiger partial charge is 0.395 e. The minimum atomic E-state index is -0.223. The predicted molar refractivity (Wildman–Crippen MR) is 69.5 cm³/mol. The van der Waals surface area contributed by atoms with Gasteiger partial charge in [-0.25, -0.2) is 4.98 Å². The second kappa shape index (κ2) is 5.51. The average Bonchev–Trinajstić information content (AvgIpc) is 2.99. The lowest BCUT2D eigenvalue weighted by molar-refractivity contribution is 0.0944. The van der Waals surface area contributed by atoms with Crippen LogP contribution in [0.25, 0.3) is 0 Å². The first-order valence-electron chi connectivity index (χ1n) is 6.08. The highest BCUT2D eigenvalue weighted by Gasteiger charge is 2.18. The Morgan fingerprint density at radius 2 is 2.37 bits per heavy atom. The first-order valence-corrected chi connectivity index (χ1v) is 6.08. The van der Waals surface area contributed by atoms with Gasteiger partial charge in [-0.05, 0) is 13.8 Å². The Labute approximate surface area is 110 Å². The fourth-order valence-electron chi connectivity index (χ4n) is 1.79. The summed E-state index contributed by atoms with van der Waals surface area (Å²) in [4.78, 5) is 16.1. The molecule has 8 nitrogen and oxygen atoms in total. The van der Waals surface area contributed by atoms with Gasteiger partial charge in [-0.3, -0.25) is 14.6 Å². The number of H-pyrrole nitrogens is 1. The maximum atomic E-state index is 12.1. The van der Waals surface area contributed by atoms with E-state index < -0.39 is 0 Å². The lowest BCUT2D eigenvalue weighted by Gasteiger charge is -2.06. The second-order valence-electron chi connectivity index (χ2n) is 4.10. The van der Waals surface area contributed by atoms with Gasteiger partial charge in [0.15, 0.2) is 0 Å². The van der Waals surface area contributed by atoms with E-state index >= 15 is 0 Å². The number of aromatic amines is 1. The number of aromatic nitrogens is 5. The van der Waals surface area contributed by atoms with Gasteiger partial charge in [0, 0.05) is 19.5 Å². The fourth-order valence-corrected chi connectivity index (χ4v) is 1.79. The van der Waals surface area contributed by atoms with Crippen LogP contribution >= 0.6 is 0 Å². The van der Waals surface area contributed by atoms with Crippen LogP contribution in [-0.4, -0.2) is 37.4 Å². The molecule has 0 atom stereocenters. The van der Waals surface area contributed by atoms with E-state index in [-0.39, 0.29) is 5.91 Å². The van der Waals surface area contributed by atoms with Crippen LogP contribution in [0.15, 0.2) is 6.33 Å². The third-order valence-electron chi connectivity index (χ3n) is 2.80. The van der Waals surface area contributed by atoms with Gasteiger partial charge < -0.3 is 11.1 Å². The van der Waals surface area contributed by atoms with Gasteiger partial charge in [-0.2, -0.15) is 10.2 Å². The van der Waals surface area contributed by atoms with E-state index in [1.54, 1.807) is 11.6 Å². The fraction of sp³-hybridized carbons (Fsp3) is 0.455. The number of nitrogens with one attached hydrogen (secondary N) is 2. The molecule has 4 N–H and O–H groups in total. The molecular weight excluding hydrogens is 246 g/mol. The highest BCUT2D eigenvalue weighted by atomic mass is 16.2. The molecule has 0 aromatic carbocycles. The van der Waals surface area contributed by atoms with E-state index in [0.717, 1.165) is 5.82 Å². The minimum Gasteiger partial charge on any atom is -0.395 e. The van der Waals surface area contributed by atoms with Gasteiger partial charge in [-0.1, -0.05) is 0 Å². The standard InChI is InChI=1S/C11H17N7O/c1-3-18-10(9(12)7(2)17-18)11(19)13-5-4-8-14-6-15-16-8/h6H,3-5,12H2,1-2H3,(H,13,19)(H,14,15,16). The number of carbonyl (C=O) groups excluding carboxylic acids is 1. The molecule has 0 aliphatic rings. The Morgan fingerprint density at radius 3 is 3.00 bits per heavy atom. The summed E-state index contributed by atoms with van der Waals surface area (Å²) in [5, 5.41) is 13.5. The molecule has 0 bridgehead atoms. The summed E-state index contributed by atoms with van der Waals surface area (Å²) in [5.41, 5.74) is 7.39. The normalized spacial score (nSPS) is 10.6. The van der Waals surface area contributed by atoms with Crippen molar-refractivity contribution in [1.82, 2.24) is 30.3 Å². The van der Waals surface area contributed by atoms with E-state index in [1.807, 2.05) is 6.92 Å². The monoisotopic (exact) mass is 263 g/mol. The van der Waals surface area contributed by atoms with Crippen LogP contribution in [0.4, 0.5) is 5.69 Å². The first kappa shape index (κ1) is 13.1. The maximum Gasteiger partial charge on any atom is 0.271 e. The summed E-state index contributed by atoms with van der Waals surface area (Å²) in [6.45, 7) is 4.76. The third kappa shape index (κ3) is 2.72. The van der Waals surface area contributed by atoms with Gasteiger partial charge in [0.25, 0.3) is 5.91 Å². The van der Waals surface area contributed by atoms with Crippen LogP contribution in [0, 0.1) is 6.92 Å². The van der Waals surface area contributed by atoms with E-state index in [9.17, 15) is 4.79 Å². The molecule has 0 radical (unpaired) electrons. The van der Waals surface area contributed by atoms with Crippen LogP contribution in [-0.2, 0) is 13.0 Å². The summed E-state index contributed by atoms with van der Waals surface area (Å²) < 4.78 is 1.61. The molecule has 0 spiro atoms. The van der Waals surface area contributed by atoms with Crippen molar-refractivity contribution in [2.75, 3.05) is 12.3 Å².